The van der Waals surface area contributed by atoms with Gasteiger partial charge < -0.3 is 10.0 Å². The van der Waals surface area contributed by atoms with Crippen molar-refractivity contribution in [2.45, 2.75) is 18.7 Å². The molecule has 5 nitrogen and oxygen atoms in total. The molecule has 0 amide bonds. The van der Waals surface area contributed by atoms with E-state index in [1.165, 1.54) is 0 Å². The van der Waals surface area contributed by atoms with E-state index in [-0.39, 0.29) is 16.3 Å². The summed E-state index contributed by atoms with van der Waals surface area (Å²) >= 11 is 0. The van der Waals surface area contributed by atoms with Crippen LogP contribution in [0.2, 0.25) is 0 Å². The van der Waals surface area contributed by atoms with Gasteiger partial charge in [0.25, 0.3) is 10.0 Å². The van der Waals surface area contributed by atoms with Gasteiger partial charge in [0.15, 0.2) is 0 Å². The summed E-state index contributed by atoms with van der Waals surface area (Å²) in [5.41, 5.74) is 2.61. The van der Waals surface area contributed by atoms with E-state index in [0.29, 0.717) is 10.9 Å². The van der Waals surface area contributed by atoms with Crippen molar-refractivity contribution in [1.29, 1.82) is 0 Å². The van der Waals surface area contributed by atoms with Crippen LogP contribution in [-0.4, -0.2) is 27.6 Å². The zero-order valence-corrected chi connectivity index (χ0v) is 16.1. The van der Waals surface area contributed by atoms with Gasteiger partial charge in [0.05, 0.1) is 10.6 Å². The summed E-state index contributed by atoms with van der Waals surface area (Å²) in [5, 5.41) is 11.7. The minimum Gasteiger partial charge on any atom is -0.505 e. The summed E-state index contributed by atoms with van der Waals surface area (Å²) in [6.07, 6.45) is 0. The Hall–Kier alpha value is -2.73. The fourth-order valence-corrected chi connectivity index (χ4v) is 4.41. The Morgan fingerprint density at radius 1 is 0.962 bits per heavy atom. The first-order valence-corrected chi connectivity index (χ1v) is 9.71. The second-order valence-electron chi connectivity index (χ2n) is 6.61. The second-order valence-corrected chi connectivity index (χ2v) is 8.26. The van der Waals surface area contributed by atoms with Gasteiger partial charge in [-0.1, -0.05) is 30.3 Å². The molecular weight excluding hydrogens is 348 g/mol. The molecule has 2 N–H and O–H groups in total. The summed E-state index contributed by atoms with van der Waals surface area (Å²) < 4.78 is 28.6. The van der Waals surface area contributed by atoms with Crippen LogP contribution in [0.25, 0.3) is 10.8 Å². The highest BCUT2D eigenvalue weighted by atomic mass is 32.2. The van der Waals surface area contributed by atoms with Crippen molar-refractivity contribution in [3.05, 3.63) is 59.7 Å². The van der Waals surface area contributed by atoms with Crippen molar-refractivity contribution >= 4 is 32.2 Å². The first-order chi connectivity index (χ1) is 12.2. The molecule has 26 heavy (non-hydrogen) atoms. The standard InChI is InChI=1S/C20H22N2O3S/c1-13-11-14(2)20(23)17(12-13)21-26(24,25)19-10-6-7-15-16(19)8-5-9-18(15)22(3)4/h5-12,21,23H,1-4H3. The van der Waals surface area contributed by atoms with Gasteiger partial charge in [0.2, 0.25) is 0 Å². The maximum absolute atomic E-state index is 13.0. The fraction of sp³-hybridized carbons (Fsp3) is 0.200. The average Bonchev–Trinajstić information content (AvgIpc) is 2.57. The van der Waals surface area contributed by atoms with Crippen LogP contribution in [0.1, 0.15) is 11.1 Å². The topological polar surface area (TPSA) is 69.6 Å². The zero-order valence-electron chi connectivity index (χ0n) is 15.2. The monoisotopic (exact) mass is 370 g/mol. The first kappa shape index (κ1) is 18.1. The number of sulfonamides is 1. The molecule has 0 aliphatic heterocycles. The highest BCUT2D eigenvalue weighted by molar-refractivity contribution is 7.93. The number of anilines is 2. The number of phenols is 1. The SMILES string of the molecule is Cc1cc(C)c(O)c(NS(=O)(=O)c2cccc3c(N(C)C)cccc23)c1. The molecule has 0 unspecified atom stereocenters. The van der Waals surface area contributed by atoms with Crippen molar-refractivity contribution < 1.29 is 13.5 Å². The minimum absolute atomic E-state index is 0.0617. The predicted octanol–water partition coefficient (Wildman–Crippen LogP) is 4.03. The summed E-state index contributed by atoms with van der Waals surface area (Å²) in [5.74, 6) is -0.0617. The molecular formula is C20H22N2O3S. The molecule has 3 aromatic carbocycles. The van der Waals surface area contributed by atoms with E-state index in [2.05, 4.69) is 4.72 Å². The zero-order chi connectivity index (χ0) is 19.1. The number of aryl methyl sites for hydroxylation is 2. The van der Waals surface area contributed by atoms with Crippen LogP contribution >= 0.6 is 0 Å². The van der Waals surface area contributed by atoms with Gasteiger partial charge >= 0.3 is 0 Å². The Balaban J connectivity index is 2.16. The van der Waals surface area contributed by atoms with Crippen molar-refractivity contribution in [3.8, 4) is 5.75 Å². The van der Waals surface area contributed by atoms with Gasteiger partial charge in [-0.2, -0.15) is 0 Å². The van der Waals surface area contributed by atoms with E-state index < -0.39 is 10.0 Å². The lowest BCUT2D eigenvalue weighted by molar-refractivity contribution is 0.473. The molecule has 0 aliphatic carbocycles. The van der Waals surface area contributed by atoms with Crippen LogP contribution < -0.4 is 9.62 Å². The molecule has 3 rings (SSSR count). The lowest BCUT2D eigenvalue weighted by Gasteiger charge is -2.17. The Bertz CT molecular complexity index is 1090. The van der Waals surface area contributed by atoms with E-state index in [1.807, 2.05) is 44.1 Å². The number of nitrogens with zero attached hydrogens (tertiary/aromatic N) is 1. The highest BCUT2D eigenvalue weighted by Gasteiger charge is 2.20. The maximum atomic E-state index is 13.0. The first-order valence-electron chi connectivity index (χ1n) is 8.23. The van der Waals surface area contributed by atoms with E-state index >= 15 is 0 Å². The number of hydrogen-bond donors (Lipinski definition) is 2. The minimum atomic E-state index is -3.87. The number of phenolic OH excluding ortho intramolecular Hbond substituents is 1. The van der Waals surface area contributed by atoms with E-state index in [0.717, 1.165) is 16.6 Å². The van der Waals surface area contributed by atoms with Gasteiger partial charge in [0.1, 0.15) is 5.75 Å². The third-order valence-electron chi connectivity index (χ3n) is 4.32. The Kier molecular flexibility index (Phi) is 4.54. The summed E-state index contributed by atoms with van der Waals surface area (Å²) in [6, 6.07) is 14.2. The molecule has 0 spiro atoms. The van der Waals surface area contributed by atoms with Crippen molar-refractivity contribution in [3.63, 3.8) is 0 Å². The molecule has 0 radical (unpaired) electrons. The number of hydrogen-bond acceptors (Lipinski definition) is 4. The van der Waals surface area contributed by atoms with Gasteiger partial charge in [-0.25, -0.2) is 8.42 Å². The third kappa shape index (κ3) is 3.20. The Labute approximate surface area is 153 Å². The maximum Gasteiger partial charge on any atom is 0.262 e. The molecule has 0 saturated heterocycles. The van der Waals surface area contributed by atoms with Gasteiger partial charge in [0, 0.05) is 30.6 Å². The number of aromatic hydroxyl groups is 1. The third-order valence-corrected chi connectivity index (χ3v) is 5.74. The molecule has 0 atom stereocenters. The van der Waals surface area contributed by atoms with Gasteiger partial charge in [-0.3, -0.25) is 4.72 Å². The average molecular weight is 370 g/mol. The smallest absolute Gasteiger partial charge is 0.262 e. The molecule has 6 heteroatoms. The second kappa shape index (κ2) is 6.53. The van der Waals surface area contributed by atoms with Crippen LogP contribution in [-0.2, 0) is 10.0 Å². The normalized spacial score (nSPS) is 11.5. The highest BCUT2D eigenvalue weighted by Crippen LogP contribution is 2.34. The van der Waals surface area contributed by atoms with E-state index in [4.69, 9.17) is 0 Å². The molecule has 0 aliphatic rings. The largest absolute Gasteiger partial charge is 0.505 e. The molecule has 0 heterocycles. The number of nitrogens with one attached hydrogen (secondary N) is 1. The Morgan fingerprint density at radius 3 is 2.31 bits per heavy atom. The molecule has 3 aromatic rings. The fourth-order valence-electron chi connectivity index (χ4n) is 3.13. The van der Waals surface area contributed by atoms with Gasteiger partial charge in [-0.15, -0.1) is 0 Å². The van der Waals surface area contributed by atoms with E-state index in [9.17, 15) is 13.5 Å². The predicted molar refractivity (Wildman–Crippen MR) is 107 cm³/mol. The van der Waals surface area contributed by atoms with Crippen LogP contribution in [0.15, 0.2) is 53.4 Å². The summed E-state index contributed by atoms with van der Waals surface area (Å²) in [4.78, 5) is 2.12. The van der Waals surface area contributed by atoms with Crippen LogP contribution in [0, 0.1) is 13.8 Å². The number of fused-ring (bicyclic) bond motifs is 1. The van der Waals surface area contributed by atoms with Gasteiger partial charge in [-0.05, 0) is 43.2 Å². The molecule has 0 fully saturated rings. The van der Waals surface area contributed by atoms with Crippen LogP contribution in [0.5, 0.6) is 5.75 Å². The van der Waals surface area contributed by atoms with Crippen LogP contribution in [0.4, 0.5) is 11.4 Å². The van der Waals surface area contributed by atoms with Crippen molar-refractivity contribution in [2.24, 2.45) is 0 Å². The number of benzene rings is 3. The van der Waals surface area contributed by atoms with Crippen molar-refractivity contribution in [1.82, 2.24) is 0 Å². The Morgan fingerprint density at radius 2 is 1.62 bits per heavy atom. The summed E-state index contributed by atoms with van der Waals surface area (Å²) in [6.45, 7) is 3.59. The molecule has 0 bridgehead atoms. The summed E-state index contributed by atoms with van der Waals surface area (Å²) in [7, 11) is -0.0301. The molecule has 0 saturated carbocycles. The van der Waals surface area contributed by atoms with Crippen molar-refractivity contribution in [2.75, 3.05) is 23.7 Å². The van der Waals surface area contributed by atoms with Crippen LogP contribution in [0.3, 0.4) is 0 Å². The molecule has 136 valence electrons. The lowest BCUT2D eigenvalue weighted by Crippen LogP contribution is -2.14. The number of rotatable bonds is 4. The molecule has 0 aromatic heterocycles. The quantitative estimate of drug-likeness (QED) is 0.681. The lowest BCUT2D eigenvalue weighted by atomic mass is 10.1. The van der Waals surface area contributed by atoms with E-state index in [1.54, 1.807) is 37.3 Å².